The Hall–Kier alpha value is -2.20. The van der Waals surface area contributed by atoms with Crippen LogP contribution in [0.15, 0.2) is 54.0 Å². The summed E-state index contributed by atoms with van der Waals surface area (Å²) in [7, 11) is 0. The monoisotopic (exact) mass is 325 g/mol. The van der Waals surface area contributed by atoms with E-state index in [-0.39, 0.29) is 5.78 Å². The van der Waals surface area contributed by atoms with Crippen LogP contribution in [0.5, 0.6) is 0 Å². The van der Waals surface area contributed by atoms with Crippen molar-refractivity contribution in [2.45, 2.75) is 20.4 Å². The molecule has 3 aromatic rings. The fraction of sp³-hybridized carbons (Fsp3) is 0.263. The molecule has 1 aromatic heterocycles. The average Bonchev–Trinajstić information content (AvgIpc) is 3.00. The number of thiazole rings is 1. The van der Waals surface area contributed by atoms with E-state index in [1.165, 1.54) is 10.4 Å². The molecule has 0 unspecified atom stereocenters. The lowest BCUT2D eigenvalue weighted by molar-refractivity contribution is -0.652. The highest BCUT2D eigenvalue weighted by Crippen LogP contribution is 2.17. The van der Waals surface area contributed by atoms with E-state index in [1.54, 1.807) is 11.3 Å². The molecule has 118 valence electrons. The molecular formula is C19H21N2OS+. The fourth-order valence-electron chi connectivity index (χ4n) is 2.79. The van der Waals surface area contributed by atoms with Gasteiger partial charge < -0.3 is 4.90 Å². The molecule has 0 amide bonds. The first-order chi connectivity index (χ1) is 11.2. The fourth-order valence-corrected chi connectivity index (χ4v) is 3.68. The zero-order valence-corrected chi connectivity index (χ0v) is 14.3. The number of carbonyl (C=O) groups is 1. The number of anilines is 1. The van der Waals surface area contributed by atoms with Gasteiger partial charge in [-0.15, -0.1) is 0 Å². The van der Waals surface area contributed by atoms with Crippen molar-refractivity contribution in [2.24, 2.45) is 0 Å². The Bertz CT molecular complexity index is 804. The second-order valence-corrected chi connectivity index (χ2v) is 6.35. The van der Waals surface area contributed by atoms with E-state index in [1.807, 2.05) is 46.5 Å². The molecule has 3 rings (SSSR count). The van der Waals surface area contributed by atoms with Crippen LogP contribution >= 0.6 is 11.3 Å². The van der Waals surface area contributed by atoms with E-state index in [4.69, 9.17) is 0 Å². The topological polar surface area (TPSA) is 24.2 Å². The highest BCUT2D eigenvalue weighted by molar-refractivity contribution is 7.16. The molecule has 0 aliphatic heterocycles. The Kier molecular flexibility index (Phi) is 4.72. The molecule has 23 heavy (non-hydrogen) atoms. The minimum atomic E-state index is 0.143. The van der Waals surface area contributed by atoms with Gasteiger partial charge in [-0.1, -0.05) is 23.5 Å². The van der Waals surface area contributed by atoms with Crippen molar-refractivity contribution < 1.29 is 9.36 Å². The first-order valence-electron chi connectivity index (χ1n) is 7.96. The third-order valence-electron chi connectivity index (χ3n) is 4.11. The van der Waals surface area contributed by atoms with Crippen LogP contribution in [0.1, 0.15) is 24.2 Å². The number of para-hydroxylation sites is 1. The van der Waals surface area contributed by atoms with Crippen LogP contribution in [0.2, 0.25) is 0 Å². The molecule has 0 spiro atoms. The lowest BCUT2D eigenvalue weighted by Crippen LogP contribution is -2.36. The maximum absolute atomic E-state index is 12.5. The molecule has 0 bridgehead atoms. The van der Waals surface area contributed by atoms with Gasteiger partial charge in [0.25, 0.3) is 0 Å². The SMILES string of the molecule is CCN(CC)c1ccc(C(=O)C[n+]2csc3ccccc32)cc1. The summed E-state index contributed by atoms with van der Waals surface area (Å²) < 4.78 is 3.23. The quantitative estimate of drug-likeness (QED) is 0.507. The number of Topliss-reactive ketones (excluding diaryl/α,β-unsaturated/α-hetero) is 1. The molecule has 3 nitrogen and oxygen atoms in total. The first-order valence-corrected chi connectivity index (χ1v) is 8.84. The number of hydrogen-bond acceptors (Lipinski definition) is 3. The number of fused-ring (bicyclic) bond motifs is 1. The van der Waals surface area contributed by atoms with Gasteiger partial charge in [-0.3, -0.25) is 4.79 Å². The van der Waals surface area contributed by atoms with Crippen LogP contribution in [0, 0.1) is 0 Å². The normalized spacial score (nSPS) is 10.9. The van der Waals surface area contributed by atoms with E-state index in [0.717, 1.165) is 24.2 Å². The highest BCUT2D eigenvalue weighted by atomic mass is 32.1. The van der Waals surface area contributed by atoms with Gasteiger partial charge in [0.2, 0.25) is 23.4 Å². The Morgan fingerprint density at radius 3 is 2.43 bits per heavy atom. The number of carbonyl (C=O) groups excluding carboxylic acids is 1. The van der Waals surface area contributed by atoms with Crippen LogP contribution < -0.4 is 9.47 Å². The van der Waals surface area contributed by atoms with Crippen LogP contribution in [0.25, 0.3) is 10.2 Å². The predicted octanol–water partition coefficient (Wildman–Crippen LogP) is 3.92. The van der Waals surface area contributed by atoms with Crippen molar-refractivity contribution in [3.63, 3.8) is 0 Å². The number of benzene rings is 2. The average molecular weight is 325 g/mol. The van der Waals surface area contributed by atoms with Crippen LogP contribution in [0.3, 0.4) is 0 Å². The Balaban J connectivity index is 1.78. The Morgan fingerprint density at radius 2 is 1.74 bits per heavy atom. The molecule has 0 radical (unpaired) electrons. The lowest BCUT2D eigenvalue weighted by atomic mass is 10.1. The molecular weight excluding hydrogens is 304 g/mol. The number of ketones is 1. The van der Waals surface area contributed by atoms with E-state index in [9.17, 15) is 4.79 Å². The predicted molar refractivity (Wildman–Crippen MR) is 96.4 cm³/mol. The minimum Gasteiger partial charge on any atom is -0.372 e. The first kappa shape index (κ1) is 15.7. The van der Waals surface area contributed by atoms with Gasteiger partial charge in [-0.25, -0.2) is 0 Å². The van der Waals surface area contributed by atoms with Gasteiger partial charge in [-0.2, -0.15) is 4.57 Å². The summed E-state index contributed by atoms with van der Waals surface area (Å²) >= 11 is 1.67. The van der Waals surface area contributed by atoms with Crippen molar-refractivity contribution in [3.05, 3.63) is 59.6 Å². The van der Waals surface area contributed by atoms with Gasteiger partial charge in [0.1, 0.15) is 4.70 Å². The molecule has 0 atom stereocenters. The Morgan fingerprint density at radius 1 is 1.04 bits per heavy atom. The molecule has 2 aromatic carbocycles. The summed E-state index contributed by atoms with van der Waals surface area (Å²) in [5, 5.41) is 0. The standard InChI is InChI=1S/C19H21N2OS/c1-3-20(4-2)16-11-9-15(10-12-16)18(22)13-21-14-23-19-8-6-5-7-17(19)21/h5-12,14H,3-4,13H2,1-2H3/q+1. The number of aromatic nitrogens is 1. The molecule has 0 fully saturated rings. The maximum atomic E-state index is 12.5. The molecule has 0 N–H and O–H groups in total. The summed E-state index contributed by atoms with van der Waals surface area (Å²) in [5.41, 5.74) is 5.07. The number of rotatable bonds is 6. The maximum Gasteiger partial charge on any atom is 0.227 e. The van der Waals surface area contributed by atoms with Gasteiger partial charge in [-0.05, 0) is 44.2 Å². The van der Waals surface area contributed by atoms with Crippen molar-refractivity contribution in [2.75, 3.05) is 18.0 Å². The third-order valence-corrected chi connectivity index (χ3v) is 5.07. The summed E-state index contributed by atoms with van der Waals surface area (Å²) in [6.45, 7) is 6.61. The van der Waals surface area contributed by atoms with Crippen molar-refractivity contribution in [1.82, 2.24) is 0 Å². The van der Waals surface area contributed by atoms with E-state index >= 15 is 0 Å². The van der Waals surface area contributed by atoms with E-state index < -0.39 is 0 Å². The zero-order valence-electron chi connectivity index (χ0n) is 13.5. The third kappa shape index (κ3) is 3.27. The molecule has 0 saturated carbocycles. The van der Waals surface area contributed by atoms with E-state index in [2.05, 4.69) is 30.9 Å². The second kappa shape index (κ2) is 6.92. The molecule has 0 aliphatic carbocycles. The van der Waals surface area contributed by atoms with Crippen LogP contribution in [-0.2, 0) is 6.54 Å². The van der Waals surface area contributed by atoms with Gasteiger partial charge >= 0.3 is 0 Å². The second-order valence-electron chi connectivity index (χ2n) is 5.46. The van der Waals surface area contributed by atoms with Gasteiger partial charge in [0.05, 0.1) is 0 Å². The summed E-state index contributed by atoms with van der Waals surface area (Å²) in [6.07, 6.45) is 0. The largest absolute Gasteiger partial charge is 0.372 e. The molecule has 4 heteroatoms. The number of hydrogen-bond donors (Lipinski definition) is 0. The van der Waals surface area contributed by atoms with Crippen molar-refractivity contribution in [1.29, 1.82) is 0 Å². The minimum absolute atomic E-state index is 0.143. The van der Waals surface area contributed by atoms with Gasteiger partial charge in [0, 0.05) is 30.4 Å². The van der Waals surface area contributed by atoms with Gasteiger partial charge in [0.15, 0.2) is 0 Å². The van der Waals surface area contributed by atoms with Crippen molar-refractivity contribution >= 4 is 33.0 Å². The zero-order chi connectivity index (χ0) is 16.2. The van der Waals surface area contributed by atoms with Crippen LogP contribution in [-0.4, -0.2) is 18.9 Å². The lowest BCUT2D eigenvalue weighted by Gasteiger charge is -2.20. The molecule has 1 heterocycles. The molecule has 0 aliphatic rings. The van der Waals surface area contributed by atoms with Crippen molar-refractivity contribution in [3.8, 4) is 0 Å². The van der Waals surface area contributed by atoms with E-state index in [0.29, 0.717) is 6.54 Å². The van der Waals surface area contributed by atoms with Crippen LogP contribution in [0.4, 0.5) is 5.69 Å². The summed E-state index contributed by atoms with van der Waals surface area (Å²) in [5.74, 6) is 0.143. The smallest absolute Gasteiger partial charge is 0.227 e. The molecule has 0 saturated heterocycles. The highest BCUT2D eigenvalue weighted by Gasteiger charge is 2.17. The Labute approximate surface area is 140 Å². The number of nitrogens with zero attached hydrogens (tertiary/aromatic N) is 2. The summed E-state index contributed by atoms with van der Waals surface area (Å²) in [4.78, 5) is 14.8. The summed E-state index contributed by atoms with van der Waals surface area (Å²) in [6, 6.07) is 16.1.